The molecule has 0 aliphatic heterocycles. The first-order valence-electron chi connectivity index (χ1n) is 6.96. The van der Waals surface area contributed by atoms with Gasteiger partial charge in [0.25, 0.3) is 5.91 Å². The normalized spacial score (nSPS) is 15.2. The molecule has 1 saturated carbocycles. The van der Waals surface area contributed by atoms with Gasteiger partial charge >= 0.3 is 0 Å². The molecular formula is C17H15BrFNO2. The largest absolute Gasteiger partial charge is 0.494 e. The van der Waals surface area contributed by atoms with Crippen molar-refractivity contribution in [3.05, 3.63) is 63.9 Å². The summed E-state index contributed by atoms with van der Waals surface area (Å²) in [5.41, 5.74) is 1.04. The van der Waals surface area contributed by atoms with Crippen molar-refractivity contribution in [2.75, 3.05) is 7.11 Å². The number of methoxy groups -OCH3 is 1. The van der Waals surface area contributed by atoms with Gasteiger partial charge in [0.05, 0.1) is 12.6 Å². The Morgan fingerprint density at radius 3 is 2.45 bits per heavy atom. The van der Waals surface area contributed by atoms with Crippen LogP contribution in [0.2, 0.25) is 0 Å². The highest BCUT2D eigenvalue weighted by atomic mass is 79.9. The summed E-state index contributed by atoms with van der Waals surface area (Å²) in [6.45, 7) is 0. The Balaban J connectivity index is 1.79. The van der Waals surface area contributed by atoms with Crippen molar-refractivity contribution in [2.24, 2.45) is 0 Å². The number of hydrogen-bond donors (Lipinski definition) is 1. The van der Waals surface area contributed by atoms with Crippen LogP contribution in [0.3, 0.4) is 0 Å². The molecule has 2 aromatic carbocycles. The smallest absolute Gasteiger partial charge is 0.252 e. The van der Waals surface area contributed by atoms with Crippen LogP contribution in [-0.4, -0.2) is 13.0 Å². The lowest BCUT2D eigenvalue weighted by Gasteiger charge is -2.18. The Hall–Kier alpha value is -1.88. The van der Waals surface area contributed by atoms with E-state index in [-0.39, 0.29) is 17.2 Å². The van der Waals surface area contributed by atoms with Crippen LogP contribution in [0.5, 0.6) is 5.75 Å². The lowest BCUT2D eigenvalue weighted by Crippen LogP contribution is -2.34. The van der Waals surface area contributed by atoms with E-state index in [1.54, 1.807) is 6.07 Å². The molecule has 114 valence electrons. The highest BCUT2D eigenvalue weighted by Gasteiger charge is 2.45. The van der Waals surface area contributed by atoms with E-state index < -0.39 is 5.82 Å². The van der Waals surface area contributed by atoms with Crippen molar-refractivity contribution >= 4 is 21.8 Å². The highest BCUT2D eigenvalue weighted by Crippen LogP contribution is 2.45. The van der Waals surface area contributed by atoms with Crippen molar-refractivity contribution in [2.45, 2.75) is 18.4 Å². The van der Waals surface area contributed by atoms with Crippen LogP contribution in [0.1, 0.15) is 28.8 Å². The lowest BCUT2D eigenvalue weighted by molar-refractivity contribution is 0.0930. The molecule has 0 saturated heterocycles. The molecule has 1 aliphatic carbocycles. The number of ether oxygens (including phenoxy) is 1. The predicted molar refractivity (Wildman–Crippen MR) is 85.5 cm³/mol. The van der Waals surface area contributed by atoms with E-state index in [4.69, 9.17) is 4.74 Å². The van der Waals surface area contributed by atoms with Gasteiger partial charge in [-0.15, -0.1) is 0 Å². The number of rotatable bonds is 4. The third-order valence-electron chi connectivity index (χ3n) is 3.91. The zero-order valence-electron chi connectivity index (χ0n) is 12.0. The fraction of sp³-hybridized carbons (Fsp3) is 0.235. The van der Waals surface area contributed by atoms with E-state index in [9.17, 15) is 9.18 Å². The number of amides is 1. The zero-order chi connectivity index (χ0) is 15.7. The number of carbonyl (C=O) groups is 1. The summed E-state index contributed by atoms with van der Waals surface area (Å²) in [7, 11) is 1.39. The number of carbonyl (C=O) groups excluding carboxylic acids is 1. The zero-order valence-corrected chi connectivity index (χ0v) is 13.6. The molecule has 5 heteroatoms. The molecule has 0 aromatic heterocycles. The first-order chi connectivity index (χ1) is 10.5. The Morgan fingerprint density at radius 2 is 1.91 bits per heavy atom. The number of halogens is 2. The third kappa shape index (κ3) is 2.86. The van der Waals surface area contributed by atoms with Gasteiger partial charge in [0.2, 0.25) is 0 Å². The number of nitrogens with one attached hydrogen (secondary N) is 1. The predicted octanol–water partition coefficient (Wildman–Crippen LogP) is 4.02. The highest BCUT2D eigenvalue weighted by molar-refractivity contribution is 9.10. The van der Waals surface area contributed by atoms with Crippen molar-refractivity contribution in [1.82, 2.24) is 5.32 Å². The van der Waals surface area contributed by atoms with Gasteiger partial charge in [-0.05, 0) is 48.7 Å². The molecule has 1 fully saturated rings. The molecule has 0 spiro atoms. The van der Waals surface area contributed by atoms with E-state index in [0.717, 1.165) is 22.9 Å². The van der Waals surface area contributed by atoms with Gasteiger partial charge < -0.3 is 10.1 Å². The molecule has 1 aliphatic rings. The molecule has 3 nitrogen and oxygen atoms in total. The molecule has 3 rings (SSSR count). The summed E-state index contributed by atoms with van der Waals surface area (Å²) in [5, 5.41) is 3.02. The monoisotopic (exact) mass is 363 g/mol. The van der Waals surface area contributed by atoms with Crippen LogP contribution in [0.15, 0.2) is 46.9 Å². The summed E-state index contributed by atoms with van der Waals surface area (Å²) in [5.74, 6) is -0.684. The standard InChI is InChI=1S/C17H15BrFNO2/c1-22-15-7-2-11(10-14(15)19)16(21)20-17(8-9-17)12-3-5-13(18)6-4-12/h2-7,10H,8-9H2,1H3,(H,20,21). The molecule has 0 unspecified atom stereocenters. The first-order valence-corrected chi connectivity index (χ1v) is 7.75. The van der Waals surface area contributed by atoms with Crippen molar-refractivity contribution < 1.29 is 13.9 Å². The molecule has 2 aromatic rings. The SMILES string of the molecule is COc1ccc(C(=O)NC2(c3ccc(Br)cc3)CC2)cc1F. The van der Waals surface area contributed by atoms with Crippen LogP contribution in [-0.2, 0) is 5.54 Å². The summed E-state index contributed by atoms with van der Waals surface area (Å²) >= 11 is 3.40. The van der Waals surface area contributed by atoms with Gasteiger partial charge in [0, 0.05) is 10.0 Å². The van der Waals surface area contributed by atoms with Gasteiger partial charge in [-0.2, -0.15) is 0 Å². The van der Waals surface area contributed by atoms with E-state index >= 15 is 0 Å². The molecule has 0 radical (unpaired) electrons. The molecular weight excluding hydrogens is 349 g/mol. The van der Waals surface area contributed by atoms with Gasteiger partial charge in [0.1, 0.15) is 0 Å². The second-order valence-corrected chi connectivity index (χ2v) is 6.31. The van der Waals surface area contributed by atoms with Crippen LogP contribution in [0, 0.1) is 5.82 Å². The Morgan fingerprint density at radius 1 is 1.23 bits per heavy atom. The average Bonchev–Trinajstić information content (AvgIpc) is 3.28. The van der Waals surface area contributed by atoms with Crippen LogP contribution in [0.25, 0.3) is 0 Å². The maximum atomic E-state index is 13.7. The molecule has 22 heavy (non-hydrogen) atoms. The van der Waals surface area contributed by atoms with Gasteiger partial charge in [0.15, 0.2) is 11.6 Å². The van der Waals surface area contributed by atoms with E-state index in [2.05, 4.69) is 21.2 Å². The van der Waals surface area contributed by atoms with Gasteiger partial charge in [-0.25, -0.2) is 4.39 Å². The molecule has 0 bridgehead atoms. The van der Waals surface area contributed by atoms with Crippen molar-refractivity contribution in [1.29, 1.82) is 0 Å². The van der Waals surface area contributed by atoms with Crippen LogP contribution >= 0.6 is 15.9 Å². The molecule has 1 amide bonds. The maximum Gasteiger partial charge on any atom is 0.252 e. The first kappa shape index (κ1) is 15.0. The van der Waals surface area contributed by atoms with Gasteiger partial charge in [-0.1, -0.05) is 28.1 Å². The second kappa shape index (κ2) is 5.72. The van der Waals surface area contributed by atoms with E-state index in [1.807, 2.05) is 24.3 Å². The fourth-order valence-electron chi connectivity index (χ4n) is 2.48. The van der Waals surface area contributed by atoms with Crippen molar-refractivity contribution in [3.63, 3.8) is 0 Å². The molecule has 0 heterocycles. The quantitative estimate of drug-likeness (QED) is 0.890. The minimum atomic E-state index is -0.538. The van der Waals surface area contributed by atoms with Crippen LogP contribution in [0.4, 0.5) is 4.39 Å². The van der Waals surface area contributed by atoms with Crippen LogP contribution < -0.4 is 10.1 Å². The Bertz CT molecular complexity index is 711. The van der Waals surface area contributed by atoms with E-state index in [1.165, 1.54) is 19.2 Å². The molecule has 1 N–H and O–H groups in total. The number of benzene rings is 2. The third-order valence-corrected chi connectivity index (χ3v) is 4.44. The maximum absolute atomic E-state index is 13.7. The average molecular weight is 364 g/mol. The van der Waals surface area contributed by atoms with E-state index in [0.29, 0.717) is 5.56 Å². The minimum absolute atomic E-state index is 0.130. The van der Waals surface area contributed by atoms with Crippen molar-refractivity contribution in [3.8, 4) is 5.75 Å². The lowest BCUT2D eigenvalue weighted by atomic mass is 10.0. The topological polar surface area (TPSA) is 38.3 Å². The summed E-state index contributed by atoms with van der Waals surface area (Å²) < 4.78 is 19.6. The Kier molecular flexibility index (Phi) is 3.91. The van der Waals surface area contributed by atoms with Gasteiger partial charge in [-0.3, -0.25) is 4.79 Å². The summed E-state index contributed by atoms with van der Waals surface area (Å²) in [6, 6.07) is 12.1. The second-order valence-electron chi connectivity index (χ2n) is 5.39. The number of hydrogen-bond acceptors (Lipinski definition) is 2. The minimum Gasteiger partial charge on any atom is -0.494 e. The Labute approximate surface area is 136 Å². The fourth-order valence-corrected chi connectivity index (χ4v) is 2.74. The summed E-state index contributed by atoms with van der Waals surface area (Å²) in [4.78, 5) is 12.4. The molecule has 0 atom stereocenters. The summed E-state index contributed by atoms with van der Waals surface area (Å²) in [6.07, 6.45) is 1.78.